The number of nitrogens with zero attached hydrogens (tertiary/aromatic N) is 1. The third kappa shape index (κ3) is 2.85. The first-order valence-corrected chi connectivity index (χ1v) is 6.13. The smallest absolute Gasteiger partial charge is 0.227 e. The van der Waals surface area contributed by atoms with Crippen LogP contribution in [0.25, 0.3) is 0 Å². The Morgan fingerprint density at radius 2 is 2.06 bits per heavy atom. The fraction of sp³-hybridized carbons (Fsp3) is 0.333. The highest BCUT2D eigenvalue weighted by Gasteiger charge is 2.20. The van der Waals surface area contributed by atoms with Gasteiger partial charge < -0.3 is 5.32 Å². The zero-order valence-electron chi connectivity index (χ0n) is 9.36. The highest BCUT2D eigenvalue weighted by molar-refractivity contribution is 8.14. The first-order valence-electron chi connectivity index (χ1n) is 5.25. The number of carbonyl (C=O) groups is 1. The third-order valence-corrected chi connectivity index (χ3v) is 3.28. The van der Waals surface area contributed by atoms with Crippen molar-refractivity contribution in [2.75, 3.05) is 0 Å². The summed E-state index contributed by atoms with van der Waals surface area (Å²) in [5.41, 5.74) is 2.08. The maximum Gasteiger partial charge on any atom is 0.227 e. The van der Waals surface area contributed by atoms with Crippen LogP contribution >= 0.6 is 11.8 Å². The van der Waals surface area contributed by atoms with Crippen molar-refractivity contribution in [1.29, 1.82) is 0 Å². The Bertz CT molecular complexity index is 425. The van der Waals surface area contributed by atoms with Gasteiger partial charge in [-0.2, -0.15) is 0 Å². The van der Waals surface area contributed by atoms with E-state index in [1.54, 1.807) is 11.8 Å². The average molecular weight is 234 g/mol. The second-order valence-corrected chi connectivity index (χ2v) is 5.36. The summed E-state index contributed by atoms with van der Waals surface area (Å²) in [5, 5.41) is 3.79. The van der Waals surface area contributed by atoms with Crippen LogP contribution in [-0.2, 0) is 4.79 Å². The number of amidine groups is 1. The van der Waals surface area contributed by atoms with Gasteiger partial charge in [-0.25, -0.2) is 4.99 Å². The SMILES string of the molecule is Cc1ccc(N=C2NC(=O)CC(C)S2)cc1. The number of aryl methyl sites for hydroxylation is 1. The molecule has 1 fully saturated rings. The minimum atomic E-state index is 0.0529. The number of carbonyl (C=O) groups excluding carboxylic acids is 1. The first kappa shape index (κ1) is 11.2. The second kappa shape index (κ2) is 4.70. The van der Waals surface area contributed by atoms with E-state index in [2.05, 4.69) is 10.3 Å². The molecule has 1 N–H and O–H groups in total. The van der Waals surface area contributed by atoms with E-state index in [9.17, 15) is 4.79 Å². The maximum absolute atomic E-state index is 11.3. The van der Waals surface area contributed by atoms with Gasteiger partial charge in [-0.15, -0.1) is 0 Å². The lowest BCUT2D eigenvalue weighted by Gasteiger charge is -2.19. The van der Waals surface area contributed by atoms with E-state index in [0.29, 0.717) is 16.8 Å². The van der Waals surface area contributed by atoms with Crippen LogP contribution < -0.4 is 5.32 Å². The quantitative estimate of drug-likeness (QED) is 0.811. The minimum absolute atomic E-state index is 0.0529. The molecule has 1 atom stereocenters. The average Bonchev–Trinajstić information content (AvgIpc) is 2.20. The van der Waals surface area contributed by atoms with E-state index in [0.717, 1.165) is 5.69 Å². The van der Waals surface area contributed by atoms with Crippen LogP contribution in [-0.4, -0.2) is 16.3 Å². The number of hydrogen-bond acceptors (Lipinski definition) is 3. The molecule has 1 aliphatic rings. The van der Waals surface area contributed by atoms with Crippen molar-refractivity contribution in [1.82, 2.24) is 5.32 Å². The molecule has 1 heterocycles. The molecule has 16 heavy (non-hydrogen) atoms. The van der Waals surface area contributed by atoms with E-state index in [4.69, 9.17) is 0 Å². The van der Waals surface area contributed by atoms with E-state index >= 15 is 0 Å². The third-order valence-electron chi connectivity index (χ3n) is 2.30. The zero-order valence-corrected chi connectivity index (χ0v) is 10.2. The lowest BCUT2D eigenvalue weighted by atomic mass is 10.2. The van der Waals surface area contributed by atoms with E-state index in [1.165, 1.54) is 5.56 Å². The zero-order chi connectivity index (χ0) is 11.5. The van der Waals surface area contributed by atoms with Gasteiger partial charge in [0.2, 0.25) is 5.91 Å². The normalized spacial score (nSPS) is 23.2. The Morgan fingerprint density at radius 1 is 1.38 bits per heavy atom. The lowest BCUT2D eigenvalue weighted by molar-refractivity contribution is -0.119. The topological polar surface area (TPSA) is 41.5 Å². The second-order valence-electron chi connectivity index (χ2n) is 3.93. The molecule has 1 saturated heterocycles. The van der Waals surface area contributed by atoms with Crippen LogP contribution in [0.2, 0.25) is 0 Å². The van der Waals surface area contributed by atoms with Gasteiger partial charge in [0, 0.05) is 11.7 Å². The van der Waals surface area contributed by atoms with Crippen molar-refractivity contribution in [2.24, 2.45) is 4.99 Å². The summed E-state index contributed by atoms with van der Waals surface area (Å²) < 4.78 is 0. The van der Waals surface area contributed by atoms with Gasteiger partial charge in [-0.3, -0.25) is 4.79 Å². The molecule has 1 amide bonds. The number of nitrogens with one attached hydrogen (secondary N) is 1. The fourth-order valence-electron chi connectivity index (χ4n) is 1.48. The largest absolute Gasteiger partial charge is 0.305 e. The molecule has 0 saturated carbocycles. The monoisotopic (exact) mass is 234 g/mol. The number of thioether (sulfide) groups is 1. The Hall–Kier alpha value is -1.29. The van der Waals surface area contributed by atoms with Crippen LogP contribution in [0, 0.1) is 6.92 Å². The summed E-state index contributed by atoms with van der Waals surface area (Å²) in [7, 11) is 0. The van der Waals surface area contributed by atoms with Gasteiger partial charge in [-0.05, 0) is 19.1 Å². The molecule has 84 valence electrons. The summed E-state index contributed by atoms with van der Waals surface area (Å²) in [4.78, 5) is 15.7. The molecule has 1 aromatic rings. The number of aliphatic imine (C=N–C) groups is 1. The molecule has 1 unspecified atom stereocenters. The molecule has 0 aromatic heterocycles. The molecule has 0 radical (unpaired) electrons. The van der Waals surface area contributed by atoms with Gasteiger partial charge in [0.1, 0.15) is 0 Å². The fourth-order valence-corrected chi connectivity index (χ4v) is 2.43. The number of rotatable bonds is 1. The molecule has 4 heteroatoms. The van der Waals surface area contributed by atoms with Crippen LogP contribution in [0.1, 0.15) is 18.9 Å². The van der Waals surface area contributed by atoms with Crippen molar-refractivity contribution < 1.29 is 4.79 Å². The predicted molar refractivity (Wildman–Crippen MR) is 68.1 cm³/mol. The van der Waals surface area contributed by atoms with Crippen LogP contribution in [0.4, 0.5) is 5.69 Å². The van der Waals surface area contributed by atoms with Crippen LogP contribution in [0.5, 0.6) is 0 Å². The van der Waals surface area contributed by atoms with Crippen LogP contribution in [0.15, 0.2) is 29.3 Å². The number of hydrogen-bond donors (Lipinski definition) is 1. The molecule has 0 aliphatic carbocycles. The van der Waals surface area contributed by atoms with Gasteiger partial charge in [0.25, 0.3) is 0 Å². The molecule has 3 nitrogen and oxygen atoms in total. The van der Waals surface area contributed by atoms with E-state index in [1.807, 2.05) is 38.1 Å². The van der Waals surface area contributed by atoms with Crippen molar-refractivity contribution in [3.8, 4) is 0 Å². The summed E-state index contributed by atoms with van der Waals surface area (Å²) in [6.45, 7) is 4.07. The van der Waals surface area contributed by atoms with E-state index < -0.39 is 0 Å². The molecule has 0 spiro atoms. The molecule has 1 aliphatic heterocycles. The van der Waals surface area contributed by atoms with Gasteiger partial charge in [-0.1, -0.05) is 36.4 Å². The number of benzene rings is 1. The lowest BCUT2D eigenvalue weighted by Crippen LogP contribution is -2.36. The van der Waals surface area contributed by atoms with Crippen molar-refractivity contribution in [3.05, 3.63) is 29.8 Å². The Labute approximate surface area is 99.3 Å². The molecule has 0 bridgehead atoms. The molecular weight excluding hydrogens is 220 g/mol. The van der Waals surface area contributed by atoms with Crippen molar-refractivity contribution >= 4 is 28.5 Å². The summed E-state index contributed by atoms with van der Waals surface area (Å²) in [6, 6.07) is 7.93. The van der Waals surface area contributed by atoms with Crippen LogP contribution in [0.3, 0.4) is 0 Å². The highest BCUT2D eigenvalue weighted by Crippen LogP contribution is 2.22. The van der Waals surface area contributed by atoms with Gasteiger partial charge >= 0.3 is 0 Å². The van der Waals surface area contributed by atoms with E-state index in [-0.39, 0.29) is 5.91 Å². The predicted octanol–water partition coefficient (Wildman–Crippen LogP) is 2.62. The van der Waals surface area contributed by atoms with Crippen molar-refractivity contribution in [3.63, 3.8) is 0 Å². The first-order chi connectivity index (χ1) is 7.63. The Kier molecular flexibility index (Phi) is 3.29. The summed E-state index contributed by atoms with van der Waals surface area (Å²) in [5.74, 6) is 0.0529. The standard InChI is InChI=1S/C12H14N2OS/c1-8-3-5-10(6-4-8)13-12-14-11(15)7-9(2)16-12/h3-6,9H,7H2,1-2H3,(H,13,14,15). The Balaban J connectivity index is 2.17. The highest BCUT2D eigenvalue weighted by atomic mass is 32.2. The summed E-state index contributed by atoms with van der Waals surface area (Å²) >= 11 is 1.61. The molecule has 1 aromatic carbocycles. The van der Waals surface area contributed by atoms with Crippen molar-refractivity contribution in [2.45, 2.75) is 25.5 Å². The Morgan fingerprint density at radius 3 is 2.69 bits per heavy atom. The van der Waals surface area contributed by atoms with Gasteiger partial charge in [0.05, 0.1) is 5.69 Å². The minimum Gasteiger partial charge on any atom is -0.305 e. The number of amides is 1. The maximum atomic E-state index is 11.3. The van der Waals surface area contributed by atoms with Gasteiger partial charge in [0.15, 0.2) is 5.17 Å². The molecule has 2 rings (SSSR count). The summed E-state index contributed by atoms with van der Waals surface area (Å²) in [6.07, 6.45) is 0.567. The molecular formula is C12H14N2OS.